The Bertz CT molecular complexity index is 802. The summed E-state index contributed by atoms with van der Waals surface area (Å²) in [5, 5.41) is 1.87. The highest BCUT2D eigenvalue weighted by molar-refractivity contribution is 8.23. The van der Waals surface area contributed by atoms with Gasteiger partial charge in [-0.05, 0) is 26.7 Å². The zero-order chi connectivity index (χ0) is 18.3. The van der Waals surface area contributed by atoms with Gasteiger partial charge in [0, 0.05) is 16.1 Å². The van der Waals surface area contributed by atoms with Crippen LogP contribution >= 0.6 is 35.3 Å². The van der Waals surface area contributed by atoms with E-state index in [2.05, 4.69) is 0 Å². The van der Waals surface area contributed by atoms with Crippen molar-refractivity contribution in [3.63, 3.8) is 0 Å². The minimum Gasteiger partial charge on any atom is -0.295 e. The molecule has 1 aromatic rings. The highest BCUT2D eigenvalue weighted by Gasteiger charge is 2.54. The standard InChI is InChI=1S/C20H21NO2S3/c1-12(22)17-18(13(2)23)24-19(14-8-4-3-5-9-14)21-20(17)25-15-10-6-7-11-16(15)26-20/h3-5,8-9,15-16H,6-7,10-11H2,1-2H3. The number of thioether (sulfide) groups is 3. The number of hydrogen-bond acceptors (Lipinski definition) is 6. The summed E-state index contributed by atoms with van der Waals surface area (Å²) in [6.07, 6.45) is 4.84. The Morgan fingerprint density at radius 1 is 1.00 bits per heavy atom. The first kappa shape index (κ1) is 18.4. The maximum absolute atomic E-state index is 12.6. The molecule has 3 nitrogen and oxygen atoms in total. The van der Waals surface area contributed by atoms with Crippen LogP contribution in [0.4, 0.5) is 0 Å². The van der Waals surface area contributed by atoms with E-state index in [0.717, 1.165) is 10.6 Å². The first-order valence-corrected chi connectivity index (χ1v) is 11.5. The normalized spacial score (nSPS) is 30.9. The van der Waals surface area contributed by atoms with Gasteiger partial charge < -0.3 is 0 Å². The van der Waals surface area contributed by atoms with Gasteiger partial charge in [0.15, 0.2) is 15.8 Å². The van der Waals surface area contributed by atoms with Crippen LogP contribution in [-0.2, 0) is 9.59 Å². The van der Waals surface area contributed by atoms with E-state index in [1.807, 2.05) is 30.3 Å². The van der Waals surface area contributed by atoms with E-state index in [1.165, 1.54) is 37.4 Å². The van der Waals surface area contributed by atoms with E-state index in [-0.39, 0.29) is 11.6 Å². The zero-order valence-corrected chi connectivity index (χ0v) is 17.3. The lowest BCUT2D eigenvalue weighted by atomic mass is 10.00. The van der Waals surface area contributed by atoms with E-state index in [4.69, 9.17) is 4.99 Å². The molecule has 0 radical (unpaired) electrons. The minimum atomic E-state index is -0.664. The van der Waals surface area contributed by atoms with Crippen LogP contribution in [0, 0.1) is 0 Å². The topological polar surface area (TPSA) is 46.5 Å². The molecule has 4 rings (SSSR count). The Morgan fingerprint density at radius 2 is 1.62 bits per heavy atom. The molecule has 0 N–H and O–H groups in total. The van der Waals surface area contributed by atoms with Crippen molar-refractivity contribution in [3.05, 3.63) is 46.4 Å². The molecule has 136 valence electrons. The first-order valence-electron chi connectivity index (χ1n) is 8.95. The fourth-order valence-electron chi connectivity index (χ4n) is 3.78. The number of ketones is 2. The van der Waals surface area contributed by atoms with Gasteiger partial charge in [-0.25, -0.2) is 4.99 Å². The summed E-state index contributed by atoms with van der Waals surface area (Å²) in [6, 6.07) is 9.99. The summed E-state index contributed by atoms with van der Waals surface area (Å²) in [5.41, 5.74) is 1.62. The van der Waals surface area contributed by atoms with Crippen molar-refractivity contribution in [3.8, 4) is 0 Å². The molecule has 2 aliphatic heterocycles. The van der Waals surface area contributed by atoms with E-state index >= 15 is 0 Å². The molecule has 6 heteroatoms. The summed E-state index contributed by atoms with van der Waals surface area (Å²) >= 11 is 4.97. The van der Waals surface area contributed by atoms with Gasteiger partial charge in [0.05, 0.1) is 10.5 Å². The Kier molecular flexibility index (Phi) is 5.10. The van der Waals surface area contributed by atoms with Crippen molar-refractivity contribution >= 4 is 51.9 Å². The Hall–Kier alpha value is -0.980. The fraction of sp³-hybridized carbons (Fsp3) is 0.450. The van der Waals surface area contributed by atoms with Crippen molar-refractivity contribution in [2.75, 3.05) is 0 Å². The van der Waals surface area contributed by atoms with E-state index in [1.54, 1.807) is 37.4 Å². The highest BCUT2D eigenvalue weighted by Crippen LogP contribution is 2.63. The number of hydrogen-bond donors (Lipinski definition) is 0. The lowest BCUT2D eigenvalue weighted by molar-refractivity contribution is -0.115. The van der Waals surface area contributed by atoms with Crippen molar-refractivity contribution < 1.29 is 9.59 Å². The SMILES string of the molecule is CC(=O)C1=C(C(C)=O)C2(N=C(c3ccccc3)S1)SC1CCCCC1S2. The molecule has 0 aromatic heterocycles. The van der Waals surface area contributed by atoms with Gasteiger partial charge >= 0.3 is 0 Å². The van der Waals surface area contributed by atoms with E-state index < -0.39 is 4.20 Å². The van der Waals surface area contributed by atoms with Crippen molar-refractivity contribution in [2.45, 2.75) is 54.2 Å². The molecule has 26 heavy (non-hydrogen) atoms. The summed E-state index contributed by atoms with van der Waals surface area (Å²) in [5.74, 6) is -0.0730. The summed E-state index contributed by atoms with van der Waals surface area (Å²) in [7, 11) is 0. The molecule has 1 spiro atoms. The highest BCUT2D eigenvalue weighted by atomic mass is 32.2. The zero-order valence-electron chi connectivity index (χ0n) is 14.9. The van der Waals surface area contributed by atoms with Crippen molar-refractivity contribution in [1.29, 1.82) is 0 Å². The van der Waals surface area contributed by atoms with Gasteiger partial charge in [-0.15, -0.1) is 23.5 Å². The average molecular weight is 404 g/mol. The third kappa shape index (κ3) is 3.20. The predicted molar refractivity (Wildman–Crippen MR) is 113 cm³/mol. The third-order valence-electron chi connectivity index (χ3n) is 4.95. The smallest absolute Gasteiger partial charge is 0.184 e. The van der Waals surface area contributed by atoms with Gasteiger partial charge in [-0.2, -0.15) is 0 Å². The molecule has 2 unspecified atom stereocenters. The molecule has 1 aromatic carbocycles. The average Bonchev–Trinajstić information content (AvgIpc) is 2.99. The van der Waals surface area contributed by atoms with Crippen LogP contribution in [0.3, 0.4) is 0 Å². The fourth-order valence-corrected chi connectivity index (χ4v) is 9.47. The molecule has 1 aliphatic carbocycles. The van der Waals surface area contributed by atoms with Gasteiger partial charge in [0.25, 0.3) is 0 Å². The van der Waals surface area contributed by atoms with E-state index in [9.17, 15) is 9.59 Å². The number of benzene rings is 1. The minimum absolute atomic E-state index is 0.0304. The Balaban J connectivity index is 1.85. The van der Waals surface area contributed by atoms with Crippen LogP contribution in [0.2, 0.25) is 0 Å². The van der Waals surface area contributed by atoms with Crippen LogP contribution in [0.25, 0.3) is 0 Å². The second-order valence-corrected chi connectivity index (χ2v) is 11.0. The summed E-state index contributed by atoms with van der Waals surface area (Å²) < 4.78 is -0.664. The van der Waals surface area contributed by atoms with Crippen LogP contribution in [0.5, 0.6) is 0 Å². The van der Waals surface area contributed by atoms with Crippen molar-refractivity contribution in [1.82, 2.24) is 0 Å². The molecular weight excluding hydrogens is 382 g/mol. The van der Waals surface area contributed by atoms with Gasteiger partial charge in [-0.3, -0.25) is 9.59 Å². The van der Waals surface area contributed by atoms with Gasteiger partial charge in [0.2, 0.25) is 0 Å². The monoisotopic (exact) mass is 403 g/mol. The second kappa shape index (κ2) is 7.21. The maximum atomic E-state index is 12.6. The Labute approximate surface area is 166 Å². The quantitative estimate of drug-likeness (QED) is 0.706. The van der Waals surface area contributed by atoms with E-state index in [0.29, 0.717) is 21.0 Å². The third-order valence-corrected chi connectivity index (χ3v) is 9.88. The number of Topliss-reactive ketones (excluding diaryl/α,β-unsaturated/α-hetero) is 2. The molecular formula is C20H21NO2S3. The van der Waals surface area contributed by atoms with Gasteiger partial charge in [-0.1, -0.05) is 54.9 Å². The van der Waals surface area contributed by atoms with Crippen LogP contribution in [0.15, 0.2) is 45.8 Å². The number of rotatable bonds is 3. The lowest BCUT2D eigenvalue weighted by Crippen LogP contribution is -2.30. The summed E-state index contributed by atoms with van der Waals surface area (Å²) in [4.78, 5) is 30.7. The van der Waals surface area contributed by atoms with Gasteiger partial charge in [0.1, 0.15) is 5.04 Å². The first-order chi connectivity index (χ1) is 12.5. The number of allylic oxidation sites excluding steroid dienone is 1. The van der Waals surface area contributed by atoms with Crippen LogP contribution < -0.4 is 0 Å². The molecule has 2 atom stereocenters. The lowest BCUT2D eigenvalue weighted by Gasteiger charge is -2.32. The Morgan fingerprint density at radius 3 is 2.15 bits per heavy atom. The molecule has 0 amide bonds. The number of nitrogens with zero attached hydrogens (tertiary/aromatic N) is 1. The molecule has 2 heterocycles. The number of carbonyl (C=O) groups is 2. The summed E-state index contributed by atoms with van der Waals surface area (Å²) in [6.45, 7) is 3.14. The molecule has 1 saturated heterocycles. The van der Waals surface area contributed by atoms with Crippen molar-refractivity contribution in [2.24, 2.45) is 4.99 Å². The molecule has 0 bridgehead atoms. The number of carbonyl (C=O) groups excluding carboxylic acids is 2. The predicted octanol–water partition coefficient (Wildman–Crippen LogP) is 5.06. The van der Waals surface area contributed by atoms with Crippen LogP contribution in [0.1, 0.15) is 45.1 Å². The van der Waals surface area contributed by atoms with Crippen LogP contribution in [-0.4, -0.2) is 31.3 Å². The number of fused-ring (bicyclic) bond motifs is 1. The second-order valence-electron chi connectivity index (χ2n) is 6.88. The maximum Gasteiger partial charge on any atom is 0.184 e. The molecule has 2 fully saturated rings. The largest absolute Gasteiger partial charge is 0.295 e. The molecule has 3 aliphatic rings. The number of aliphatic imine (C=N–C) groups is 1. The molecule has 1 saturated carbocycles.